The highest BCUT2D eigenvalue weighted by Crippen LogP contribution is 2.14. The van der Waals surface area contributed by atoms with Crippen LogP contribution in [0.25, 0.3) is 0 Å². The Morgan fingerprint density at radius 1 is 1.33 bits per heavy atom. The fourth-order valence-electron chi connectivity index (χ4n) is 1.79. The second-order valence-corrected chi connectivity index (χ2v) is 3.91. The minimum absolute atomic E-state index is 0.0878. The van der Waals surface area contributed by atoms with Crippen molar-refractivity contribution in [2.24, 2.45) is 0 Å². The zero-order valence-electron chi connectivity index (χ0n) is 8.78. The molecule has 0 aliphatic carbocycles. The molecular weight excluding hydrogens is 190 g/mol. The van der Waals surface area contributed by atoms with Gasteiger partial charge in [-0.3, -0.25) is 0 Å². The van der Waals surface area contributed by atoms with Gasteiger partial charge in [0.05, 0.1) is 6.61 Å². The second kappa shape index (κ2) is 5.14. The Morgan fingerprint density at radius 2 is 2.13 bits per heavy atom. The monoisotopic (exact) mass is 207 g/mol. The molecule has 2 N–H and O–H groups in total. The van der Waals surface area contributed by atoms with Crippen LogP contribution in [0.2, 0.25) is 0 Å². The standard InChI is InChI=1S/C12H17NO2/c14-8-10-3-5-12(6-4-10)15-9-11-2-1-7-13-11/h3-6,11,13-14H,1-2,7-9H2. The third kappa shape index (κ3) is 2.94. The normalized spacial score (nSPS) is 20.5. The summed E-state index contributed by atoms with van der Waals surface area (Å²) >= 11 is 0. The van der Waals surface area contributed by atoms with Gasteiger partial charge in [0.2, 0.25) is 0 Å². The Morgan fingerprint density at radius 3 is 2.73 bits per heavy atom. The Kier molecular flexibility index (Phi) is 3.59. The quantitative estimate of drug-likeness (QED) is 0.782. The molecule has 1 aromatic rings. The van der Waals surface area contributed by atoms with Crippen molar-refractivity contribution >= 4 is 0 Å². The van der Waals surface area contributed by atoms with Gasteiger partial charge in [-0.15, -0.1) is 0 Å². The zero-order valence-corrected chi connectivity index (χ0v) is 8.78. The molecule has 0 aromatic heterocycles. The van der Waals surface area contributed by atoms with E-state index < -0.39 is 0 Å². The molecule has 15 heavy (non-hydrogen) atoms. The fraction of sp³-hybridized carbons (Fsp3) is 0.500. The van der Waals surface area contributed by atoms with Crippen molar-refractivity contribution < 1.29 is 9.84 Å². The van der Waals surface area contributed by atoms with Crippen molar-refractivity contribution in [3.05, 3.63) is 29.8 Å². The lowest BCUT2D eigenvalue weighted by Gasteiger charge is -2.12. The number of aliphatic hydroxyl groups excluding tert-OH is 1. The van der Waals surface area contributed by atoms with Crippen LogP contribution in [-0.2, 0) is 6.61 Å². The number of benzene rings is 1. The lowest BCUT2D eigenvalue weighted by atomic mass is 10.2. The summed E-state index contributed by atoms with van der Waals surface area (Å²) < 4.78 is 5.65. The number of hydrogen-bond acceptors (Lipinski definition) is 3. The summed E-state index contributed by atoms with van der Waals surface area (Å²) in [7, 11) is 0. The maximum Gasteiger partial charge on any atom is 0.119 e. The first-order valence-corrected chi connectivity index (χ1v) is 5.44. The van der Waals surface area contributed by atoms with E-state index >= 15 is 0 Å². The van der Waals surface area contributed by atoms with Gasteiger partial charge in [-0.1, -0.05) is 12.1 Å². The highest BCUT2D eigenvalue weighted by Gasteiger charge is 2.14. The molecule has 1 unspecified atom stereocenters. The topological polar surface area (TPSA) is 41.5 Å². The summed E-state index contributed by atoms with van der Waals surface area (Å²) in [4.78, 5) is 0. The number of aliphatic hydroxyl groups is 1. The maximum atomic E-state index is 8.88. The van der Waals surface area contributed by atoms with Crippen LogP contribution >= 0.6 is 0 Å². The molecule has 1 aliphatic heterocycles. The molecule has 1 saturated heterocycles. The van der Waals surface area contributed by atoms with Crippen molar-refractivity contribution in [2.45, 2.75) is 25.5 Å². The van der Waals surface area contributed by atoms with Crippen LogP contribution in [-0.4, -0.2) is 24.3 Å². The maximum absolute atomic E-state index is 8.88. The van der Waals surface area contributed by atoms with Crippen molar-refractivity contribution in [3.8, 4) is 5.75 Å². The Labute approximate surface area is 90.1 Å². The first-order valence-electron chi connectivity index (χ1n) is 5.44. The van der Waals surface area contributed by atoms with E-state index in [0.29, 0.717) is 6.04 Å². The molecule has 82 valence electrons. The van der Waals surface area contributed by atoms with E-state index in [0.717, 1.165) is 24.5 Å². The first kappa shape index (κ1) is 10.5. The third-order valence-corrected chi connectivity index (χ3v) is 2.72. The van der Waals surface area contributed by atoms with Crippen LogP contribution in [0.4, 0.5) is 0 Å². The summed E-state index contributed by atoms with van der Waals surface area (Å²) in [6, 6.07) is 8.08. The summed E-state index contributed by atoms with van der Waals surface area (Å²) in [5.41, 5.74) is 0.918. The molecule has 3 heteroatoms. The van der Waals surface area contributed by atoms with E-state index in [2.05, 4.69) is 5.32 Å². The Hall–Kier alpha value is -1.06. The van der Waals surface area contributed by atoms with Crippen LogP contribution in [0.5, 0.6) is 5.75 Å². The van der Waals surface area contributed by atoms with E-state index in [4.69, 9.17) is 9.84 Å². The predicted molar refractivity (Wildman–Crippen MR) is 58.9 cm³/mol. The van der Waals surface area contributed by atoms with E-state index in [1.165, 1.54) is 12.8 Å². The lowest BCUT2D eigenvalue weighted by molar-refractivity contribution is 0.274. The molecule has 1 heterocycles. The van der Waals surface area contributed by atoms with Crippen LogP contribution in [0.15, 0.2) is 24.3 Å². The van der Waals surface area contributed by atoms with Crippen molar-refractivity contribution in [2.75, 3.05) is 13.2 Å². The number of rotatable bonds is 4. The smallest absolute Gasteiger partial charge is 0.119 e. The van der Waals surface area contributed by atoms with Crippen molar-refractivity contribution in [1.82, 2.24) is 5.32 Å². The van der Waals surface area contributed by atoms with Gasteiger partial charge in [-0.2, -0.15) is 0 Å². The lowest BCUT2D eigenvalue weighted by Crippen LogP contribution is -2.28. The largest absolute Gasteiger partial charge is 0.492 e. The molecule has 3 nitrogen and oxygen atoms in total. The highest BCUT2D eigenvalue weighted by molar-refractivity contribution is 5.26. The van der Waals surface area contributed by atoms with Gasteiger partial charge in [0, 0.05) is 6.04 Å². The molecule has 0 radical (unpaired) electrons. The minimum atomic E-state index is 0.0878. The van der Waals surface area contributed by atoms with Crippen LogP contribution < -0.4 is 10.1 Å². The molecule has 1 aromatic carbocycles. The number of ether oxygens (including phenoxy) is 1. The molecule has 0 spiro atoms. The van der Waals surface area contributed by atoms with Crippen LogP contribution in [0.1, 0.15) is 18.4 Å². The summed E-state index contributed by atoms with van der Waals surface area (Å²) in [6.45, 7) is 1.93. The van der Waals surface area contributed by atoms with Gasteiger partial charge in [0.1, 0.15) is 12.4 Å². The second-order valence-electron chi connectivity index (χ2n) is 3.91. The molecule has 1 aliphatic rings. The summed E-state index contributed by atoms with van der Waals surface area (Å²) in [6.07, 6.45) is 2.45. The molecule has 0 bridgehead atoms. The average molecular weight is 207 g/mol. The third-order valence-electron chi connectivity index (χ3n) is 2.72. The van der Waals surface area contributed by atoms with E-state index in [9.17, 15) is 0 Å². The Balaban J connectivity index is 1.82. The number of hydrogen-bond donors (Lipinski definition) is 2. The fourth-order valence-corrected chi connectivity index (χ4v) is 1.79. The van der Waals surface area contributed by atoms with Gasteiger partial charge in [-0.25, -0.2) is 0 Å². The Bertz CT molecular complexity index is 291. The number of nitrogens with one attached hydrogen (secondary N) is 1. The molecule has 2 rings (SSSR count). The highest BCUT2D eigenvalue weighted by atomic mass is 16.5. The van der Waals surface area contributed by atoms with Crippen molar-refractivity contribution in [3.63, 3.8) is 0 Å². The predicted octanol–water partition coefficient (Wildman–Crippen LogP) is 1.31. The van der Waals surface area contributed by atoms with Gasteiger partial charge in [0.25, 0.3) is 0 Å². The van der Waals surface area contributed by atoms with Gasteiger partial charge in [0.15, 0.2) is 0 Å². The molecule has 0 saturated carbocycles. The van der Waals surface area contributed by atoms with E-state index in [1.54, 1.807) is 0 Å². The van der Waals surface area contributed by atoms with E-state index in [-0.39, 0.29) is 6.61 Å². The van der Waals surface area contributed by atoms with Crippen molar-refractivity contribution in [1.29, 1.82) is 0 Å². The molecule has 1 fully saturated rings. The zero-order chi connectivity index (χ0) is 10.5. The summed E-state index contributed by atoms with van der Waals surface area (Å²) in [5.74, 6) is 0.876. The molecular formula is C12H17NO2. The minimum Gasteiger partial charge on any atom is -0.492 e. The SMILES string of the molecule is OCc1ccc(OCC2CCCN2)cc1. The van der Waals surface area contributed by atoms with Crippen LogP contribution in [0.3, 0.4) is 0 Å². The molecule has 0 amide bonds. The van der Waals surface area contributed by atoms with Gasteiger partial charge >= 0.3 is 0 Å². The van der Waals surface area contributed by atoms with Gasteiger partial charge < -0.3 is 15.2 Å². The summed E-state index contributed by atoms with van der Waals surface area (Å²) in [5, 5.41) is 12.3. The molecule has 1 atom stereocenters. The first-order chi connectivity index (χ1) is 7.38. The van der Waals surface area contributed by atoms with Crippen LogP contribution in [0, 0.1) is 0 Å². The van der Waals surface area contributed by atoms with Gasteiger partial charge in [-0.05, 0) is 37.1 Å². The van der Waals surface area contributed by atoms with E-state index in [1.807, 2.05) is 24.3 Å². The average Bonchev–Trinajstić information content (AvgIpc) is 2.80.